The molecule has 0 saturated carbocycles. The Labute approximate surface area is 97.3 Å². The molecule has 1 nitrogen and oxygen atoms in total. The van der Waals surface area contributed by atoms with Gasteiger partial charge in [-0.05, 0) is 19.6 Å². The van der Waals surface area contributed by atoms with Crippen LogP contribution in [-0.4, -0.2) is 11.8 Å². The van der Waals surface area contributed by atoms with Crippen molar-refractivity contribution in [3.05, 3.63) is 48.2 Å². The summed E-state index contributed by atoms with van der Waals surface area (Å²) in [7, 11) is 0. The molecule has 1 rings (SSSR count). The van der Waals surface area contributed by atoms with Gasteiger partial charge >= 0.3 is 0 Å². The van der Waals surface area contributed by atoms with Gasteiger partial charge in [0.05, 0.1) is 5.55 Å². The highest BCUT2D eigenvalue weighted by Crippen LogP contribution is 1.97. The van der Waals surface area contributed by atoms with Gasteiger partial charge in [0.2, 0.25) is 0 Å². The maximum atomic E-state index is 4.00. The van der Waals surface area contributed by atoms with Crippen LogP contribution >= 0.6 is 11.8 Å². The van der Waals surface area contributed by atoms with Crippen molar-refractivity contribution >= 4 is 17.3 Å². The lowest BCUT2D eigenvalue weighted by Gasteiger charge is -1.87. The van der Waals surface area contributed by atoms with Gasteiger partial charge in [0.15, 0.2) is 0 Å². The number of aryl methyl sites for hydroxylation is 1. The molecule has 0 atom stereocenters. The largest absolute Gasteiger partial charge is 0.255 e. The molecule has 0 heterocycles. The summed E-state index contributed by atoms with van der Waals surface area (Å²) in [4.78, 5) is 4.00. The Hall–Kier alpha value is -1.02. The zero-order chi connectivity index (χ0) is 11.5. The zero-order valence-corrected chi connectivity index (χ0v) is 10.6. The minimum atomic E-state index is 0.942. The molecule has 0 spiro atoms. The molecule has 2 heteroatoms. The molecule has 0 unspecified atom stereocenters. The summed E-state index contributed by atoms with van der Waals surface area (Å²) in [5.74, 6) is 0. The summed E-state index contributed by atoms with van der Waals surface area (Å²) in [5, 5.41) is 0. The molecule has 0 fully saturated rings. The maximum Gasteiger partial charge on any atom is 0.0597 e. The van der Waals surface area contributed by atoms with Crippen molar-refractivity contribution < 1.29 is 0 Å². The van der Waals surface area contributed by atoms with Crippen molar-refractivity contribution in [2.75, 3.05) is 6.26 Å². The first-order chi connectivity index (χ1) is 7.20. The van der Waals surface area contributed by atoms with Gasteiger partial charge in [0.25, 0.3) is 0 Å². The summed E-state index contributed by atoms with van der Waals surface area (Å²) in [5.41, 5.74) is 4.06. The third-order valence-electron chi connectivity index (χ3n) is 1.69. The van der Waals surface area contributed by atoms with E-state index in [1.54, 1.807) is 17.3 Å². The van der Waals surface area contributed by atoms with E-state index in [1.807, 2.05) is 31.4 Å². The number of aliphatic imine (C=N–C) groups is 1. The fraction of sp³-hybridized carbons (Fsp3) is 0.308. The second-order valence-electron chi connectivity index (χ2n) is 3.04. The van der Waals surface area contributed by atoms with Gasteiger partial charge < -0.3 is 0 Å². The molecule has 1 aromatic carbocycles. The third kappa shape index (κ3) is 9.29. The second-order valence-corrected chi connectivity index (χ2v) is 3.73. The van der Waals surface area contributed by atoms with Gasteiger partial charge in [-0.25, -0.2) is 0 Å². The summed E-state index contributed by atoms with van der Waals surface area (Å²) in [6.45, 7) is 7.82. The molecule has 0 radical (unpaired) electrons. The minimum Gasteiger partial charge on any atom is -0.255 e. The molecule has 0 aromatic heterocycles. The number of allylic oxidation sites excluding steroid dienone is 1. The highest BCUT2D eigenvalue weighted by Gasteiger charge is 1.78. The van der Waals surface area contributed by atoms with Gasteiger partial charge in [-0.3, -0.25) is 4.99 Å². The van der Waals surface area contributed by atoms with Gasteiger partial charge in [0.1, 0.15) is 0 Å². The Bertz CT molecular complexity index is 291. The Morgan fingerprint density at radius 3 is 2.33 bits per heavy atom. The van der Waals surface area contributed by atoms with E-state index in [4.69, 9.17) is 0 Å². The maximum absolute atomic E-state index is 4.00. The Morgan fingerprint density at radius 1 is 1.40 bits per heavy atom. The predicted molar refractivity (Wildman–Crippen MR) is 72.6 cm³/mol. The average molecular weight is 221 g/mol. The summed E-state index contributed by atoms with van der Waals surface area (Å²) in [6, 6.07) is 10.3. The molecule has 0 bridgehead atoms. The topological polar surface area (TPSA) is 12.4 Å². The SMILES string of the molecule is C=C(CC)N=CSC.Cc1ccccc1. The Morgan fingerprint density at radius 2 is 2.00 bits per heavy atom. The van der Waals surface area contributed by atoms with E-state index in [0.29, 0.717) is 0 Å². The number of hydrogen-bond donors (Lipinski definition) is 0. The smallest absolute Gasteiger partial charge is 0.0597 e. The van der Waals surface area contributed by atoms with Crippen LogP contribution in [0, 0.1) is 6.92 Å². The van der Waals surface area contributed by atoms with E-state index in [0.717, 1.165) is 12.1 Å². The average Bonchev–Trinajstić information content (AvgIpc) is 2.28. The minimum absolute atomic E-state index is 0.942. The van der Waals surface area contributed by atoms with E-state index in [-0.39, 0.29) is 0 Å². The van der Waals surface area contributed by atoms with Crippen LogP contribution in [0.15, 0.2) is 47.6 Å². The Balaban J connectivity index is 0.000000262. The lowest BCUT2D eigenvalue weighted by Crippen LogP contribution is -1.69. The molecule has 0 amide bonds. The molecular weight excluding hydrogens is 202 g/mol. The molecule has 0 saturated heterocycles. The normalized spacial score (nSPS) is 9.53. The van der Waals surface area contributed by atoms with E-state index < -0.39 is 0 Å². The predicted octanol–water partition coefficient (Wildman–Crippen LogP) is 4.30. The number of rotatable bonds is 3. The summed E-state index contributed by atoms with van der Waals surface area (Å²) >= 11 is 1.59. The molecule has 0 aliphatic carbocycles. The molecule has 0 N–H and O–H groups in total. The van der Waals surface area contributed by atoms with E-state index in [1.165, 1.54) is 5.56 Å². The van der Waals surface area contributed by atoms with Crippen LogP contribution in [0.25, 0.3) is 0 Å². The fourth-order valence-corrected chi connectivity index (χ4v) is 1.01. The van der Waals surface area contributed by atoms with Crippen LogP contribution in [-0.2, 0) is 0 Å². The van der Waals surface area contributed by atoms with Gasteiger partial charge in [-0.2, -0.15) is 0 Å². The number of thioether (sulfide) groups is 1. The first-order valence-corrected chi connectivity index (χ1v) is 6.24. The first kappa shape index (κ1) is 14.0. The lowest BCUT2D eigenvalue weighted by atomic mass is 10.2. The fourth-order valence-electron chi connectivity index (χ4n) is 0.753. The summed E-state index contributed by atoms with van der Waals surface area (Å²) in [6.07, 6.45) is 2.92. The lowest BCUT2D eigenvalue weighted by molar-refractivity contribution is 1.08. The zero-order valence-electron chi connectivity index (χ0n) is 9.73. The molecule has 82 valence electrons. The van der Waals surface area contributed by atoms with Crippen LogP contribution in [0.2, 0.25) is 0 Å². The van der Waals surface area contributed by atoms with Crippen molar-refractivity contribution in [2.45, 2.75) is 20.3 Å². The third-order valence-corrected chi connectivity index (χ3v) is 2.01. The number of benzene rings is 1. The van der Waals surface area contributed by atoms with Gasteiger partial charge in [-0.1, -0.05) is 49.4 Å². The van der Waals surface area contributed by atoms with E-state index in [9.17, 15) is 0 Å². The number of hydrogen-bond acceptors (Lipinski definition) is 2. The Kier molecular flexibility index (Phi) is 8.88. The molecule has 0 aliphatic heterocycles. The first-order valence-electron chi connectivity index (χ1n) is 4.95. The molecular formula is C13H19NS. The van der Waals surface area contributed by atoms with Crippen LogP contribution in [0.5, 0.6) is 0 Å². The van der Waals surface area contributed by atoms with E-state index in [2.05, 4.69) is 30.6 Å². The number of nitrogens with zero attached hydrogens (tertiary/aromatic N) is 1. The van der Waals surface area contributed by atoms with E-state index >= 15 is 0 Å². The monoisotopic (exact) mass is 221 g/mol. The van der Waals surface area contributed by atoms with Crippen LogP contribution in [0.1, 0.15) is 18.9 Å². The molecule has 15 heavy (non-hydrogen) atoms. The van der Waals surface area contributed by atoms with Crippen LogP contribution < -0.4 is 0 Å². The van der Waals surface area contributed by atoms with Crippen molar-refractivity contribution in [1.29, 1.82) is 0 Å². The van der Waals surface area contributed by atoms with Crippen molar-refractivity contribution in [1.82, 2.24) is 0 Å². The van der Waals surface area contributed by atoms with Crippen LogP contribution in [0.4, 0.5) is 0 Å². The molecule has 1 aromatic rings. The van der Waals surface area contributed by atoms with Crippen molar-refractivity contribution in [3.8, 4) is 0 Å². The van der Waals surface area contributed by atoms with Crippen molar-refractivity contribution in [3.63, 3.8) is 0 Å². The van der Waals surface area contributed by atoms with Crippen molar-refractivity contribution in [2.24, 2.45) is 4.99 Å². The van der Waals surface area contributed by atoms with Gasteiger partial charge in [-0.15, -0.1) is 11.8 Å². The van der Waals surface area contributed by atoms with Gasteiger partial charge in [0, 0.05) is 5.70 Å². The highest BCUT2D eigenvalue weighted by molar-refractivity contribution is 8.11. The summed E-state index contributed by atoms with van der Waals surface area (Å²) < 4.78 is 0. The second kappa shape index (κ2) is 9.53. The molecule has 0 aliphatic rings. The highest BCUT2D eigenvalue weighted by atomic mass is 32.2. The standard InChI is InChI=1S/C7H8.C6H11NS/c1-7-5-3-2-4-6-7;1-4-6(2)7-5-8-3/h2-6H,1H3;5H,2,4H2,1,3H3. The van der Waals surface area contributed by atoms with Crippen LogP contribution in [0.3, 0.4) is 0 Å². The quantitative estimate of drug-likeness (QED) is 0.547.